The molecule has 4 rings (SSSR count). The van der Waals surface area contributed by atoms with Crippen molar-refractivity contribution in [2.24, 2.45) is 5.92 Å². The molecule has 0 unspecified atom stereocenters. The first-order valence-corrected chi connectivity index (χ1v) is 13.7. The van der Waals surface area contributed by atoms with Crippen molar-refractivity contribution in [2.75, 3.05) is 6.54 Å². The Morgan fingerprint density at radius 2 is 1.27 bits per heavy atom. The SMILES string of the molecule is CC(C)[C@H]1N(C(=O)[C@H](C[NH+](Cc2ccccc2)Cc2ccccc2)c2ccccc2)C(=O)OC1(C)C.F[B-](F)(F)F. The zero-order valence-electron chi connectivity index (χ0n) is 23.8. The summed E-state index contributed by atoms with van der Waals surface area (Å²) in [6.45, 7) is 9.96. The summed E-state index contributed by atoms with van der Waals surface area (Å²) < 4.78 is 44.7. The van der Waals surface area contributed by atoms with Gasteiger partial charge < -0.3 is 26.9 Å². The Morgan fingerprint density at radius 3 is 1.68 bits per heavy atom. The van der Waals surface area contributed by atoms with Crippen LogP contribution in [0.25, 0.3) is 0 Å². The van der Waals surface area contributed by atoms with Crippen LogP contribution in [0, 0.1) is 5.92 Å². The van der Waals surface area contributed by atoms with Crippen molar-refractivity contribution in [2.45, 2.75) is 58.3 Å². The van der Waals surface area contributed by atoms with E-state index in [1.165, 1.54) is 20.9 Å². The number of quaternary nitrogens is 1. The Bertz CT molecular complexity index is 1210. The number of hydrogen-bond acceptors (Lipinski definition) is 3. The van der Waals surface area contributed by atoms with Gasteiger partial charge in [-0.1, -0.05) is 105 Å². The topological polar surface area (TPSA) is 51.1 Å². The maximum atomic E-state index is 14.2. The highest BCUT2D eigenvalue weighted by Crippen LogP contribution is 2.36. The molecule has 41 heavy (non-hydrogen) atoms. The second-order valence-corrected chi connectivity index (χ2v) is 11.1. The molecule has 1 aliphatic heterocycles. The molecule has 3 aromatic carbocycles. The van der Waals surface area contributed by atoms with Gasteiger partial charge in [-0.2, -0.15) is 0 Å². The molecule has 1 fully saturated rings. The summed E-state index contributed by atoms with van der Waals surface area (Å²) in [5.41, 5.74) is 2.61. The van der Waals surface area contributed by atoms with Gasteiger partial charge in [0.1, 0.15) is 24.6 Å². The third kappa shape index (κ3) is 9.45. The number of hydrogen-bond donors (Lipinski definition) is 1. The number of nitrogens with one attached hydrogen (secondary N) is 1. The first kappa shape index (κ1) is 31.9. The van der Waals surface area contributed by atoms with Crippen LogP contribution in [0.4, 0.5) is 22.1 Å². The Hall–Kier alpha value is -3.66. The average Bonchev–Trinajstić information content (AvgIpc) is 3.15. The Labute approximate surface area is 239 Å². The first-order chi connectivity index (χ1) is 19.3. The van der Waals surface area contributed by atoms with Crippen molar-refractivity contribution in [3.05, 3.63) is 108 Å². The van der Waals surface area contributed by atoms with E-state index in [2.05, 4.69) is 24.3 Å². The molecule has 1 N–H and O–H groups in total. The lowest BCUT2D eigenvalue weighted by atomic mass is 9.87. The smallest absolute Gasteiger partial charge is 0.441 e. The second kappa shape index (κ2) is 13.8. The molecular weight excluding hydrogens is 535 g/mol. The minimum atomic E-state index is -6.00. The van der Waals surface area contributed by atoms with Gasteiger partial charge in [-0.05, 0) is 25.3 Å². The molecule has 5 nitrogen and oxygen atoms in total. The molecule has 0 radical (unpaired) electrons. The van der Waals surface area contributed by atoms with Gasteiger partial charge in [0.25, 0.3) is 0 Å². The number of benzene rings is 3. The zero-order valence-corrected chi connectivity index (χ0v) is 23.8. The predicted molar refractivity (Wildman–Crippen MR) is 152 cm³/mol. The quantitative estimate of drug-likeness (QED) is 0.248. The lowest BCUT2D eigenvalue weighted by Gasteiger charge is -2.33. The molecule has 0 aromatic heterocycles. The molecular formula is C31H37BF4N2O3. The minimum absolute atomic E-state index is 0.0731. The largest absolute Gasteiger partial charge is 0.673 e. The third-order valence-corrected chi connectivity index (χ3v) is 6.99. The molecule has 0 bridgehead atoms. The van der Waals surface area contributed by atoms with Crippen molar-refractivity contribution in [1.29, 1.82) is 0 Å². The van der Waals surface area contributed by atoms with Gasteiger partial charge in [-0.3, -0.25) is 4.79 Å². The molecule has 1 saturated heterocycles. The predicted octanol–water partition coefficient (Wildman–Crippen LogP) is 6.14. The molecule has 220 valence electrons. The van der Waals surface area contributed by atoms with Crippen LogP contribution in [-0.4, -0.2) is 42.3 Å². The van der Waals surface area contributed by atoms with Crippen LogP contribution in [0.15, 0.2) is 91.0 Å². The highest BCUT2D eigenvalue weighted by Gasteiger charge is 2.53. The van der Waals surface area contributed by atoms with Crippen molar-refractivity contribution < 1.29 is 36.5 Å². The average molecular weight is 572 g/mol. The molecule has 0 spiro atoms. The van der Waals surface area contributed by atoms with E-state index < -0.39 is 24.9 Å². The van der Waals surface area contributed by atoms with Crippen molar-refractivity contribution >= 4 is 19.3 Å². The number of rotatable bonds is 9. The Morgan fingerprint density at radius 1 is 0.854 bits per heavy atom. The summed E-state index contributed by atoms with van der Waals surface area (Å²) in [7, 11) is -6.00. The molecule has 1 aliphatic rings. The fourth-order valence-corrected chi connectivity index (χ4v) is 5.55. The lowest BCUT2D eigenvalue weighted by Crippen LogP contribution is -3.10. The summed E-state index contributed by atoms with van der Waals surface area (Å²) in [4.78, 5) is 29.9. The van der Waals surface area contributed by atoms with E-state index in [0.717, 1.165) is 18.7 Å². The molecule has 0 saturated carbocycles. The maximum Gasteiger partial charge on any atom is 0.673 e. The van der Waals surface area contributed by atoms with Crippen LogP contribution < -0.4 is 4.90 Å². The summed E-state index contributed by atoms with van der Waals surface area (Å²) in [5, 5.41) is 0. The summed E-state index contributed by atoms with van der Waals surface area (Å²) in [6, 6.07) is 30.2. The van der Waals surface area contributed by atoms with Crippen molar-refractivity contribution in [3.8, 4) is 0 Å². The number of ether oxygens (including phenoxy) is 1. The monoisotopic (exact) mass is 572 g/mol. The van der Waals surface area contributed by atoms with Gasteiger partial charge in [0.2, 0.25) is 5.91 Å². The number of nitrogens with zero attached hydrogens (tertiary/aromatic N) is 1. The van der Waals surface area contributed by atoms with E-state index in [1.54, 1.807) is 0 Å². The van der Waals surface area contributed by atoms with Gasteiger partial charge in [0.15, 0.2) is 0 Å². The van der Waals surface area contributed by atoms with E-state index in [4.69, 9.17) is 4.74 Å². The van der Waals surface area contributed by atoms with Gasteiger partial charge in [-0.15, -0.1) is 0 Å². The first-order valence-electron chi connectivity index (χ1n) is 13.7. The van der Waals surface area contributed by atoms with Crippen LogP contribution in [0.5, 0.6) is 0 Å². The number of cyclic esters (lactones) is 1. The van der Waals surface area contributed by atoms with Gasteiger partial charge in [0, 0.05) is 11.1 Å². The normalized spacial score (nSPS) is 17.2. The molecule has 0 aliphatic carbocycles. The summed E-state index contributed by atoms with van der Waals surface area (Å²) in [6.07, 6.45) is -0.544. The lowest BCUT2D eigenvalue weighted by molar-refractivity contribution is -0.928. The second-order valence-electron chi connectivity index (χ2n) is 11.1. The zero-order chi connectivity index (χ0) is 30.2. The number of carbonyl (C=O) groups excluding carboxylic acids is 2. The van der Waals surface area contributed by atoms with E-state index in [1.807, 2.05) is 94.4 Å². The fourth-order valence-electron chi connectivity index (χ4n) is 5.55. The Kier molecular flexibility index (Phi) is 10.7. The van der Waals surface area contributed by atoms with E-state index in [9.17, 15) is 26.9 Å². The highest BCUT2D eigenvalue weighted by molar-refractivity contribution is 6.50. The Balaban J connectivity index is 0.000000850. The van der Waals surface area contributed by atoms with Crippen LogP contribution >= 0.6 is 0 Å². The van der Waals surface area contributed by atoms with Crippen LogP contribution in [-0.2, 0) is 22.6 Å². The van der Waals surface area contributed by atoms with Gasteiger partial charge >= 0.3 is 13.3 Å². The number of carbonyl (C=O) groups is 2. The van der Waals surface area contributed by atoms with Crippen LogP contribution in [0.2, 0.25) is 0 Å². The summed E-state index contributed by atoms with van der Waals surface area (Å²) in [5.74, 6) is -0.589. The molecule has 10 heteroatoms. The van der Waals surface area contributed by atoms with Crippen LogP contribution in [0.1, 0.15) is 50.3 Å². The molecule has 1 heterocycles. The van der Waals surface area contributed by atoms with Crippen LogP contribution in [0.3, 0.4) is 0 Å². The van der Waals surface area contributed by atoms with Crippen molar-refractivity contribution in [1.82, 2.24) is 4.90 Å². The fraction of sp³-hybridized carbons (Fsp3) is 0.355. The maximum absolute atomic E-state index is 14.2. The molecule has 3 aromatic rings. The number of halogens is 4. The molecule has 2 amide bonds. The van der Waals surface area contributed by atoms with Crippen molar-refractivity contribution in [3.63, 3.8) is 0 Å². The molecule has 2 atom stereocenters. The van der Waals surface area contributed by atoms with E-state index in [0.29, 0.717) is 6.54 Å². The number of imide groups is 1. The van der Waals surface area contributed by atoms with Gasteiger partial charge in [0.05, 0.1) is 12.6 Å². The van der Waals surface area contributed by atoms with Gasteiger partial charge in [-0.25, -0.2) is 9.69 Å². The standard InChI is InChI=1S/C31H36N2O3.BF4/c1-23(2)28-31(3,4)36-30(35)33(28)29(34)27(26-18-12-7-13-19-26)22-32(20-24-14-8-5-9-15-24)21-25-16-10-6-11-17-25;2-1(3,4)5/h5-19,23,27-28H,20-22H2,1-4H3;/q;-1/p+1/t27-,28-;/m1./s1. The number of amides is 2. The highest BCUT2D eigenvalue weighted by atomic mass is 19.5. The minimum Gasteiger partial charge on any atom is -0.441 e. The van der Waals surface area contributed by atoms with E-state index >= 15 is 0 Å². The summed E-state index contributed by atoms with van der Waals surface area (Å²) >= 11 is 0. The van der Waals surface area contributed by atoms with E-state index in [-0.39, 0.29) is 17.9 Å². The third-order valence-electron chi connectivity index (χ3n) is 6.99.